The predicted molar refractivity (Wildman–Crippen MR) is 60.6 cm³/mol. The van der Waals surface area contributed by atoms with E-state index in [0.29, 0.717) is 18.3 Å². The number of rotatable bonds is 4. The molecule has 5 heteroatoms. The van der Waals surface area contributed by atoms with Crippen LogP contribution in [0.4, 0.5) is 0 Å². The first-order valence-electron chi connectivity index (χ1n) is 5.79. The van der Waals surface area contributed by atoms with Crippen LogP contribution in [-0.2, 0) is 4.74 Å². The molecule has 16 heavy (non-hydrogen) atoms. The van der Waals surface area contributed by atoms with Gasteiger partial charge >= 0.3 is 0 Å². The highest BCUT2D eigenvalue weighted by atomic mass is 35.5. The average Bonchev–Trinajstić information content (AvgIpc) is 2.85. The second-order valence-electron chi connectivity index (χ2n) is 4.32. The summed E-state index contributed by atoms with van der Waals surface area (Å²) in [6.45, 7) is 4.81. The van der Waals surface area contributed by atoms with E-state index in [4.69, 9.17) is 20.9 Å². The Morgan fingerprint density at radius 2 is 2.38 bits per heavy atom. The predicted octanol–water partition coefficient (Wildman–Crippen LogP) is 3.04. The fourth-order valence-corrected chi connectivity index (χ4v) is 2.22. The molecule has 0 aromatic carbocycles. The van der Waals surface area contributed by atoms with Gasteiger partial charge in [0, 0.05) is 0 Å². The summed E-state index contributed by atoms with van der Waals surface area (Å²) in [5.74, 6) is 1.51. The molecule has 0 saturated carbocycles. The third-order valence-electron chi connectivity index (χ3n) is 2.83. The van der Waals surface area contributed by atoms with Gasteiger partial charge in [0.15, 0.2) is 5.82 Å². The van der Waals surface area contributed by atoms with Gasteiger partial charge in [0.2, 0.25) is 5.89 Å². The van der Waals surface area contributed by atoms with Crippen LogP contribution < -0.4 is 0 Å². The molecule has 1 aromatic heterocycles. The lowest BCUT2D eigenvalue weighted by Gasteiger charge is -2.00. The monoisotopic (exact) mass is 244 g/mol. The van der Waals surface area contributed by atoms with E-state index in [1.54, 1.807) is 0 Å². The van der Waals surface area contributed by atoms with Gasteiger partial charge in [-0.05, 0) is 19.8 Å². The summed E-state index contributed by atoms with van der Waals surface area (Å²) in [6.07, 6.45) is 3.12. The van der Waals surface area contributed by atoms with Gasteiger partial charge < -0.3 is 9.26 Å². The average molecular weight is 245 g/mol. The summed E-state index contributed by atoms with van der Waals surface area (Å²) >= 11 is 6.14. The third kappa shape index (κ3) is 2.55. The number of halogens is 1. The van der Waals surface area contributed by atoms with E-state index in [2.05, 4.69) is 24.0 Å². The van der Waals surface area contributed by atoms with Crippen LogP contribution in [0, 0.1) is 0 Å². The Hall–Kier alpha value is -0.610. The van der Waals surface area contributed by atoms with Crippen molar-refractivity contribution in [3.63, 3.8) is 0 Å². The Kier molecular flexibility index (Phi) is 3.82. The molecule has 1 aliphatic heterocycles. The van der Waals surface area contributed by atoms with Crippen molar-refractivity contribution in [2.45, 2.75) is 50.5 Å². The largest absolute Gasteiger partial charge is 0.378 e. The molecule has 1 fully saturated rings. The molecule has 0 amide bonds. The Bertz CT molecular complexity index is 342. The Labute approximate surface area is 100 Å². The first-order chi connectivity index (χ1) is 7.70. The number of nitrogens with zero attached hydrogens (tertiary/aromatic N) is 2. The van der Waals surface area contributed by atoms with Crippen LogP contribution in [0.5, 0.6) is 0 Å². The Morgan fingerprint density at radius 1 is 1.56 bits per heavy atom. The molecule has 4 nitrogen and oxygen atoms in total. The van der Waals surface area contributed by atoms with E-state index >= 15 is 0 Å². The van der Waals surface area contributed by atoms with E-state index in [9.17, 15) is 0 Å². The SMILES string of the molecule is CCCC(Cl)c1noc(C2COC(C)C2)n1. The van der Waals surface area contributed by atoms with Crippen molar-refractivity contribution < 1.29 is 9.26 Å². The molecular formula is C11H17ClN2O2. The molecule has 1 aliphatic rings. The highest BCUT2D eigenvalue weighted by Gasteiger charge is 2.29. The summed E-state index contributed by atoms with van der Waals surface area (Å²) < 4.78 is 10.7. The second-order valence-corrected chi connectivity index (χ2v) is 4.85. The van der Waals surface area contributed by atoms with Crippen LogP contribution in [-0.4, -0.2) is 22.9 Å². The lowest BCUT2D eigenvalue weighted by atomic mass is 10.1. The van der Waals surface area contributed by atoms with Gasteiger partial charge in [-0.3, -0.25) is 0 Å². The van der Waals surface area contributed by atoms with Gasteiger partial charge in [-0.2, -0.15) is 4.98 Å². The van der Waals surface area contributed by atoms with Crippen molar-refractivity contribution in [3.8, 4) is 0 Å². The minimum absolute atomic E-state index is 0.137. The maximum atomic E-state index is 6.14. The fraction of sp³-hybridized carbons (Fsp3) is 0.818. The summed E-state index contributed by atoms with van der Waals surface area (Å²) in [6, 6.07) is 0. The van der Waals surface area contributed by atoms with Crippen molar-refractivity contribution in [2.24, 2.45) is 0 Å². The zero-order valence-corrected chi connectivity index (χ0v) is 10.4. The summed E-state index contributed by atoms with van der Waals surface area (Å²) in [5.41, 5.74) is 0. The van der Waals surface area contributed by atoms with E-state index in [1.165, 1.54) is 0 Å². The highest BCUT2D eigenvalue weighted by Crippen LogP contribution is 2.30. The zero-order chi connectivity index (χ0) is 11.5. The van der Waals surface area contributed by atoms with Crippen molar-refractivity contribution in [1.29, 1.82) is 0 Å². The molecule has 3 unspecified atom stereocenters. The quantitative estimate of drug-likeness (QED) is 0.764. The lowest BCUT2D eigenvalue weighted by Crippen LogP contribution is -1.99. The zero-order valence-electron chi connectivity index (χ0n) is 9.65. The summed E-state index contributed by atoms with van der Waals surface area (Å²) in [5, 5.41) is 3.79. The smallest absolute Gasteiger partial charge is 0.232 e. The topological polar surface area (TPSA) is 48.2 Å². The third-order valence-corrected chi connectivity index (χ3v) is 3.24. The maximum absolute atomic E-state index is 6.14. The Morgan fingerprint density at radius 3 is 3.00 bits per heavy atom. The van der Waals surface area contributed by atoms with Crippen molar-refractivity contribution in [1.82, 2.24) is 10.1 Å². The van der Waals surface area contributed by atoms with E-state index in [1.807, 2.05) is 0 Å². The molecule has 0 radical (unpaired) electrons. The molecule has 2 heterocycles. The van der Waals surface area contributed by atoms with Gasteiger partial charge in [0.1, 0.15) is 0 Å². The van der Waals surface area contributed by atoms with Crippen LogP contribution in [0.15, 0.2) is 4.52 Å². The van der Waals surface area contributed by atoms with Crippen molar-refractivity contribution in [2.75, 3.05) is 6.61 Å². The first-order valence-corrected chi connectivity index (χ1v) is 6.23. The molecule has 2 rings (SSSR count). The first kappa shape index (κ1) is 11.9. The minimum Gasteiger partial charge on any atom is -0.378 e. The van der Waals surface area contributed by atoms with E-state index in [-0.39, 0.29) is 17.4 Å². The van der Waals surface area contributed by atoms with Crippen LogP contribution >= 0.6 is 11.6 Å². The minimum atomic E-state index is -0.137. The summed E-state index contributed by atoms with van der Waals surface area (Å²) in [4.78, 5) is 4.36. The Balaban J connectivity index is 2.01. The summed E-state index contributed by atoms with van der Waals surface area (Å²) in [7, 11) is 0. The molecule has 1 aromatic rings. The number of ether oxygens (including phenoxy) is 1. The normalized spacial score (nSPS) is 27.2. The van der Waals surface area contributed by atoms with Crippen LogP contribution in [0.3, 0.4) is 0 Å². The van der Waals surface area contributed by atoms with Crippen molar-refractivity contribution >= 4 is 11.6 Å². The van der Waals surface area contributed by atoms with Crippen LogP contribution in [0.25, 0.3) is 0 Å². The van der Waals surface area contributed by atoms with Gasteiger partial charge in [-0.15, -0.1) is 11.6 Å². The molecule has 0 bridgehead atoms. The molecule has 3 atom stereocenters. The number of alkyl halides is 1. The van der Waals surface area contributed by atoms with Gasteiger partial charge in [-0.1, -0.05) is 18.5 Å². The molecular weight excluding hydrogens is 228 g/mol. The standard InChI is InChI=1S/C11H17ClN2O2/c1-3-4-9(12)10-13-11(16-14-10)8-5-7(2)15-6-8/h7-9H,3-6H2,1-2H3. The molecule has 0 N–H and O–H groups in total. The van der Waals surface area contributed by atoms with Crippen LogP contribution in [0.2, 0.25) is 0 Å². The van der Waals surface area contributed by atoms with E-state index < -0.39 is 0 Å². The highest BCUT2D eigenvalue weighted by molar-refractivity contribution is 6.20. The lowest BCUT2D eigenvalue weighted by molar-refractivity contribution is 0.122. The fourth-order valence-electron chi connectivity index (χ4n) is 1.91. The second kappa shape index (κ2) is 5.15. The number of aromatic nitrogens is 2. The number of hydrogen-bond donors (Lipinski definition) is 0. The van der Waals surface area contributed by atoms with Gasteiger partial charge in [0.05, 0.1) is 24.0 Å². The maximum Gasteiger partial charge on any atom is 0.232 e. The molecule has 0 spiro atoms. The van der Waals surface area contributed by atoms with Crippen LogP contribution in [0.1, 0.15) is 56.1 Å². The molecule has 1 saturated heterocycles. The van der Waals surface area contributed by atoms with Crippen molar-refractivity contribution in [3.05, 3.63) is 11.7 Å². The van der Waals surface area contributed by atoms with E-state index in [0.717, 1.165) is 19.3 Å². The van der Waals surface area contributed by atoms with Gasteiger partial charge in [0.25, 0.3) is 0 Å². The van der Waals surface area contributed by atoms with Gasteiger partial charge in [-0.25, -0.2) is 0 Å². The number of hydrogen-bond acceptors (Lipinski definition) is 4. The molecule has 90 valence electrons. The molecule has 0 aliphatic carbocycles.